The zero-order chi connectivity index (χ0) is 18.9. The summed E-state index contributed by atoms with van der Waals surface area (Å²) in [5, 5.41) is 8.87. The molecule has 1 fully saturated rings. The van der Waals surface area contributed by atoms with Crippen LogP contribution in [0.3, 0.4) is 0 Å². The normalized spacial score (nSPS) is 22.3. The van der Waals surface area contributed by atoms with E-state index in [1.165, 1.54) is 54.7 Å². The number of ether oxygens (including phenoxy) is 1. The second-order valence-corrected chi connectivity index (χ2v) is 8.53. The molecule has 140 valence electrons. The van der Waals surface area contributed by atoms with E-state index in [0.717, 1.165) is 25.1 Å². The van der Waals surface area contributed by atoms with Gasteiger partial charge in [-0.1, -0.05) is 43.0 Å². The predicted molar refractivity (Wildman–Crippen MR) is 117 cm³/mol. The summed E-state index contributed by atoms with van der Waals surface area (Å²) in [5.74, 6) is 0. The standard InChI is InChI=1S/C25H19N3O/c1-13-21-16(12-26-13)22-14-6-2-4-8-17(14)27-19-10-11-20(29-19)28-18-9-5-3-7-15(18)23(21)25(28)24(22)27/h2-9,19-20,26H,1,10-12H2/t19-,20+/m1/s1. The van der Waals surface area contributed by atoms with Crippen LogP contribution in [0.2, 0.25) is 0 Å². The molecule has 1 saturated heterocycles. The number of rotatable bonds is 0. The summed E-state index contributed by atoms with van der Waals surface area (Å²) < 4.78 is 11.6. The molecule has 0 amide bonds. The molecule has 5 aromatic rings. The lowest BCUT2D eigenvalue weighted by Crippen LogP contribution is -2.07. The van der Waals surface area contributed by atoms with Crippen molar-refractivity contribution < 1.29 is 4.74 Å². The molecule has 2 aromatic heterocycles. The van der Waals surface area contributed by atoms with Gasteiger partial charge in [0.25, 0.3) is 0 Å². The van der Waals surface area contributed by atoms with Gasteiger partial charge in [0.2, 0.25) is 0 Å². The van der Waals surface area contributed by atoms with Crippen molar-refractivity contribution in [3.05, 3.63) is 66.2 Å². The molecule has 0 radical (unpaired) electrons. The maximum absolute atomic E-state index is 6.66. The highest BCUT2D eigenvalue weighted by molar-refractivity contribution is 6.27. The Morgan fingerprint density at radius 3 is 2.10 bits per heavy atom. The topological polar surface area (TPSA) is 31.1 Å². The van der Waals surface area contributed by atoms with Crippen LogP contribution < -0.4 is 5.32 Å². The van der Waals surface area contributed by atoms with Crippen LogP contribution in [0.25, 0.3) is 49.3 Å². The molecular formula is C25H19N3O. The molecule has 8 rings (SSSR count). The number of para-hydroxylation sites is 2. The average Bonchev–Trinajstić information content (AvgIpc) is 3.47. The summed E-state index contributed by atoms with van der Waals surface area (Å²) in [6.45, 7) is 5.22. The second kappa shape index (κ2) is 4.66. The Labute approximate surface area is 167 Å². The lowest BCUT2D eigenvalue weighted by molar-refractivity contribution is -0.0229. The van der Waals surface area contributed by atoms with Gasteiger partial charge in [-0.25, -0.2) is 0 Å². The third-order valence-corrected chi connectivity index (χ3v) is 7.23. The fourth-order valence-corrected chi connectivity index (χ4v) is 6.20. The van der Waals surface area contributed by atoms with Crippen LogP contribution >= 0.6 is 0 Å². The highest BCUT2D eigenvalue weighted by Crippen LogP contribution is 2.53. The van der Waals surface area contributed by atoms with Crippen LogP contribution in [0.15, 0.2) is 55.1 Å². The number of fused-ring (bicyclic) bond motifs is 13. The fourth-order valence-electron chi connectivity index (χ4n) is 6.20. The van der Waals surface area contributed by atoms with E-state index in [1.54, 1.807) is 0 Å². The Morgan fingerprint density at radius 2 is 1.41 bits per heavy atom. The van der Waals surface area contributed by atoms with E-state index >= 15 is 0 Å². The number of aromatic nitrogens is 2. The maximum Gasteiger partial charge on any atom is 0.137 e. The van der Waals surface area contributed by atoms with Crippen LogP contribution in [0.5, 0.6) is 0 Å². The molecule has 2 bridgehead atoms. The van der Waals surface area contributed by atoms with Crippen LogP contribution in [0, 0.1) is 0 Å². The molecule has 3 aliphatic rings. The molecule has 1 N–H and O–H groups in total. The van der Waals surface area contributed by atoms with Crippen molar-refractivity contribution in [1.82, 2.24) is 14.5 Å². The first kappa shape index (κ1) is 14.7. The Morgan fingerprint density at radius 1 is 0.828 bits per heavy atom. The first-order chi connectivity index (χ1) is 14.3. The minimum atomic E-state index is 0.0879. The van der Waals surface area contributed by atoms with Gasteiger partial charge in [-0.05, 0) is 30.5 Å². The van der Waals surface area contributed by atoms with Gasteiger partial charge in [0.1, 0.15) is 12.5 Å². The average molecular weight is 377 g/mol. The van der Waals surface area contributed by atoms with E-state index in [4.69, 9.17) is 4.74 Å². The van der Waals surface area contributed by atoms with Gasteiger partial charge in [-0.15, -0.1) is 0 Å². The van der Waals surface area contributed by atoms with Gasteiger partial charge in [0.15, 0.2) is 0 Å². The number of nitrogens with zero attached hydrogens (tertiary/aromatic N) is 2. The smallest absolute Gasteiger partial charge is 0.137 e. The lowest BCUT2D eigenvalue weighted by atomic mass is 9.96. The van der Waals surface area contributed by atoms with Crippen LogP contribution in [0.4, 0.5) is 0 Å². The van der Waals surface area contributed by atoms with Gasteiger partial charge in [-0.3, -0.25) is 0 Å². The Kier molecular flexibility index (Phi) is 2.37. The van der Waals surface area contributed by atoms with Crippen LogP contribution in [-0.2, 0) is 11.3 Å². The SMILES string of the molecule is C=C1NCc2c1c1c3ccccc3n3c1c1c2c2ccccc2n1[C@H]1CC[C@@H]3O1. The molecule has 0 aliphatic carbocycles. The van der Waals surface area contributed by atoms with E-state index in [0.29, 0.717) is 0 Å². The molecule has 4 heteroatoms. The second-order valence-electron chi connectivity index (χ2n) is 8.53. The Balaban J connectivity index is 1.82. The zero-order valence-corrected chi connectivity index (χ0v) is 15.9. The third-order valence-electron chi connectivity index (χ3n) is 7.23. The van der Waals surface area contributed by atoms with E-state index in [2.05, 4.69) is 69.6 Å². The molecule has 29 heavy (non-hydrogen) atoms. The molecule has 3 aliphatic heterocycles. The summed E-state index contributed by atoms with van der Waals surface area (Å²) in [6, 6.07) is 17.6. The van der Waals surface area contributed by atoms with Gasteiger partial charge >= 0.3 is 0 Å². The van der Waals surface area contributed by atoms with Crippen molar-refractivity contribution in [3.63, 3.8) is 0 Å². The number of hydrogen-bond acceptors (Lipinski definition) is 2. The highest BCUT2D eigenvalue weighted by atomic mass is 16.5. The van der Waals surface area contributed by atoms with Gasteiger partial charge in [-0.2, -0.15) is 0 Å². The largest absolute Gasteiger partial charge is 0.381 e. The van der Waals surface area contributed by atoms with Gasteiger partial charge in [0.05, 0.1) is 22.1 Å². The predicted octanol–water partition coefficient (Wildman–Crippen LogP) is 5.80. The molecule has 5 heterocycles. The first-order valence-corrected chi connectivity index (χ1v) is 10.4. The van der Waals surface area contributed by atoms with Crippen molar-refractivity contribution in [2.75, 3.05) is 0 Å². The Hall–Kier alpha value is -3.24. The molecule has 0 spiro atoms. The highest BCUT2D eigenvalue weighted by Gasteiger charge is 2.39. The number of hydrogen-bond donors (Lipinski definition) is 1. The maximum atomic E-state index is 6.66. The minimum absolute atomic E-state index is 0.0879. The summed E-state index contributed by atoms with van der Waals surface area (Å²) in [4.78, 5) is 0. The Bertz CT molecular complexity index is 1570. The number of nitrogens with one attached hydrogen (secondary N) is 1. The molecule has 2 atom stereocenters. The monoisotopic (exact) mass is 377 g/mol. The zero-order valence-electron chi connectivity index (χ0n) is 15.9. The molecule has 0 unspecified atom stereocenters. The molecular weight excluding hydrogens is 358 g/mol. The lowest BCUT2D eigenvalue weighted by Gasteiger charge is -2.15. The van der Waals surface area contributed by atoms with Gasteiger partial charge in [0, 0.05) is 39.4 Å². The third kappa shape index (κ3) is 1.49. The molecule has 3 aromatic carbocycles. The first-order valence-electron chi connectivity index (χ1n) is 10.4. The van der Waals surface area contributed by atoms with Crippen LogP contribution in [0.1, 0.15) is 36.4 Å². The minimum Gasteiger partial charge on any atom is -0.381 e. The quantitative estimate of drug-likeness (QED) is 0.370. The van der Waals surface area contributed by atoms with Crippen molar-refractivity contribution in [1.29, 1.82) is 0 Å². The van der Waals surface area contributed by atoms with E-state index in [9.17, 15) is 0 Å². The van der Waals surface area contributed by atoms with Crippen molar-refractivity contribution in [2.24, 2.45) is 0 Å². The van der Waals surface area contributed by atoms with E-state index in [1.807, 2.05) is 0 Å². The van der Waals surface area contributed by atoms with Crippen molar-refractivity contribution in [3.8, 4) is 0 Å². The summed E-state index contributed by atoms with van der Waals surface area (Å²) in [7, 11) is 0. The van der Waals surface area contributed by atoms with E-state index < -0.39 is 0 Å². The van der Waals surface area contributed by atoms with Crippen LogP contribution in [-0.4, -0.2) is 9.13 Å². The summed E-state index contributed by atoms with van der Waals surface area (Å²) >= 11 is 0. The van der Waals surface area contributed by atoms with Crippen molar-refractivity contribution in [2.45, 2.75) is 31.8 Å². The molecule has 4 nitrogen and oxygen atoms in total. The number of benzene rings is 3. The van der Waals surface area contributed by atoms with E-state index in [-0.39, 0.29) is 12.5 Å². The summed E-state index contributed by atoms with van der Waals surface area (Å²) in [6.07, 6.45) is 2.28. The molecule has 0 saturated carbocycles. The summed E-state index contributed by atoms with van der Waals surface area (Å²) in [5.41, 5.74) is 8.90. The fraction of sp³-hybridized carbons (Fsp3) is 0.200. The van der Waals surface area contributed by atoms with Gasteiger partial charge < -0.3 is 19.2 Å². The van der Waals surface area contributed by atoms with Crippen molar-refractivity contribution >= 4 is 49.3 Å².